The molecule has 1 fully saturated rings. The van der Waals surface area contributed by atoms with Crippen LogP contribution in [-0.2, 0) is 16.2 Å². The summed E-state index contributed by atoms with van der Waals surface area (Å²) in [4.78, 5) is 5.37. The predicted octanol–water partition coefficient (Wildman–Crippen LogP) is 4.31. The first-order valence-corrected chi connectivity index (χ1v) is 10.5. The summed E-state index contributed by atoms with van der Waals surface area (Å²) >= 11 is 12.3. The van der Waals surface area contributed by atoms with E-state index in [0.717, 1.165) is 12.1 Å². The summed E-state index contributed by atoms with van der Waals surface area (Å²) in [6, 6.07) is 3.77. The van der Waals surface area contributed by atoms with Gasteiger partial charge < -0.3 is 4.90 Å². The highest BCUT2D eigenvalue weighted by atomic mass is 35.5. The third-order valence-corrected chi connectivity index (χ3v) is 6.85. The normalized spacial score (nSPS) is 16.8. The van der Waals surface area contributed by atoms with E-state index in [-0.39, 0.29) is 18.0 Å². The van der Waals surface area contributed by atoms with Crippen molar-refractivity contribution in [1.82, 2.24) is 9.29 Å². The molecule has 2 aromatic rings. The standard InChI is InChI=1S/C17H16Cl2F3N3O2S/c18-14-10-23-11-15(19)16(14)24-5-2-6-25(8-7-24)28(26,27)13-4-1-3-12(9-13)17(20,21)22/h1,3-4,9-11H,2,5-8H2. The summed E-state index contributed by atoms with van der Waals surface area (Å²) in [7, 11) is -4.07. The Morgan fingerprint density at radius 2 is 1.68 bits per heavy atom. The van der Waals surface area contributed by atoms with Crippen molar-refractivity contribution in [3.63, 3.8) is 0 Å². The van der Waals surface area contributed by atoms with Crippen LogP contribution in [0.15, 0.2) is 41.6 Å². The van der Waals surface area contributed by atoms with E-state index in [4.69, 9.17) is 23.2 Å². The Hall–Kier alpha value is -1.55. The van der Waals surface area contributed by atoms with Gasteiger partial charge in [-0.2, -0.15) is 17.5 Å². The highest BCUT2D eigenvalue weighted by molar-refractivity contribution is 7.89. The lowest BCUT2D eigenvalue weighted by Gasteiger charge is -2.25. The smallest absolute Gasteiger partial charge is 0.368 e. The summed E-state index contributed by atoms with van der Waals surface area (Å²) in [5.41, 5.74) is -0.433. The topological polar surface area (TPSA) is 53.5 Å². The van der Waals surface area contributed by atoms with Crippen LogP contribution in [0.3, 0.4) is 0 Å². The van der Waals surface area contributed by atoms with Crippen LogP contribution in [-0.4, -0.2) is 43.9 Å². The van der Waals surface area contributed by atoms with Crippen LogP contribution in [0.5, 0.6) is 0 Å². The first-order valence-electron chi connectivity index (χ1n) is 8.32. The molecule has 0 saturated carbocycles. The average molecular weight is 454 g/mol. The van der Waals surface area contributed by atoms with E-state index in [1.807, 2.05) is 4.90 Å². The monoisotopic (exact) mass is 453 g/mol. The van der Waals surface area contributed by atoms with Crippen LogP contribution >= 0.6 is 23.2 Å². The molecule has 1 aliphatic heterocycles. The molecular formula is C17H16Cl2F3N3O2S. The van der Waals surface area contributed by atoms with E-state index in [9.17, 15) is 21.6 Å². The quantitative estimate of drug-likeness (QED) is 0.694. The largest absolute Gasteiger partial charge is 0.416 e. The summed E-state index contributed by atoms with van der Waals surface area (Å²) in [5, 5.41) is 0.698. The van der Waals surface area contributed by atoms with Gasteiger partial charge in [-0.3, -0.25) is 4.98 Å². The number of anilines is 1. The fraction of sp³-hybridized carbons (Fsp3) is 0.353. The Kier molecular flexibility index (Phi) is 6.09. The Morgan fingerprint density at radius 1 is 1.00 bits per heavy atom. The van der Waals surface area contributed by atoms with Crippen molar-refractivity contribution in [3.05, 3.63) is 52.3 Å². The van der Waals surface area contributed by atoms with Crippen LogP contribution in [0.4, 0.5) is 18.9 Å². The number of nitrogens with zero attached hydrogens (tertiary/aromatic N) is 3. The molecule has 1 aromatic carbocycles. The Balaban J connectivity index is 1.84. The molecule has 5 nitrogen and oxygen atoms in total. The second-order valence-corrected chi connectivity index (χ2v) is 8.97. The molecule has 0 N–H and O–H groups in total. The number of halogens is 5. The van der Waals surface area contributed by atoms with Crippen molar-refractivity contribution < 1.29 is 21.6 Å². The molecule has 0 bridgehead atoms. The molecule has 0 radical (unpaired) electrons. The Morgan fingerprint density at radius 3 is 2.32 bits per heavy atom. The molecule has 0 aliphatic carbocycles. The van der Waals surface area contributed by atoms with Crippen LogP contribution in [0, 0.1) is 0 Å². The SMILES string of the molecule is O=S(=O)(c1cccc(C(F)(F)F)c1)N1CCCN(c2c(Cl)cncc2Cl)CC1. The van der Waals surface area contributed by atoms with Crippen LogP contribution in [0.1, 0.15) is 12.0 Å². The van der Waals surface area contributed by atoms with E-state index in [0.29, 0.717) is 41.3 Å². The van der Waals surface area contributed by atoms with E-state index in [1.54, 1.807) is 0 Å². The summed E-state index contributed by atoms with van der Waals surface area (Å²) in [5.74, 6) is 0. The number of aromatic nitrogens is 1. The second-order valence-electron chi connectivity index (χ2n) is 6.22. The van der Waals surface area contributed by atoms with Gasteiger partial charge in [0.25, 0.3) is 0 Å². The zero-order valence-electron chi connectivity index (χ0n) is 14.5. The average Bonchev–Trinajstić information content (AvgIpc) is 2.88. The number of alkyl halides is 3. The highest BCUT2D eigenvalue weighted by Gasteiger charge is 2.33. The van der Waals surface area contributed by atoms with Gasteiger partial charge >= 0.3 is 6.18 Å². The van der Waals surface area contributed by atoms with E-state index < -0.39 is 21.8 Å². The lowest BCUT2D eigenvalue weighted by Crippen LogP contribution is -2.35. The van der Waals surface area contributed by atoms with Crippen molar-refractivity contribution in [3.8, 4) is 0 Å². The molecular weight excluding hydrogens is 438 g/mol. The van der Waals surface area contributed by atoms with E-state index in [1.165, 1.54) is 22.8 Å². The van der Waals surface area contributed by atoms with Crippen molar-refractivity contribution in [2.45, 2.75) is 17.5 Å². The van der Waals surface area contributed by atoms with Gasteiger partial charge in [-0.15, -0.1) is 0 Å². The molecule has 0 amide bonds. The fourth-order valence-corrected chi connectivity index (χ4v) is 5.17. The molecule has 1 saturated heterocycles. The van der Waals surface area contributed by atoms with Crippen molar-refractivity contribution in [1.29, 1.82) is 0 Å². The molecule has 3 rings (SSSR count). The van der Waals surface area contributed by atoms with Gasteiger partial charge in [0.1, 0.15) is 0 Å². The summed E-state index contributed by atoms with van der Waals surface area (Å²) < 4.78 is 65.7. The number of rotatable bonds is 3. The lowest BCUT2D eigenvalue weighted by molar-refractivity contribution is -0.137. The van der Waals surface area contributed by atoms with Gasteiger partial charge in [-0.1, -0.05) is 29.3 Å². The molecule has 11 heteroatoms. The van der Waals surface area contributed by atoms with Crippen LogP contribution in [0.25, 0.3) is 0 Å². The zero-order chi connectivity index (χ0) is 20.5. The Labute approximate surface area is 170 Å². The van der Waals surface area contributed by atoms with Gasteiger partial charge in [0.05, 0.1) is 26.2 Å². The second kappa shape index (κ2) is 8.06. The first kappa shape index (κ1) is 21.2. The molecule has 28 heavy (non-hydrogen) atoms. The van der Waals surface area contributed by atoms with Crippen LogP contribution < -0.4 is 4.90 Å². The third-order valence-electron chi connectivity index (χ3n) is 4.40. The summed E-state index contributed by atoms with van der Waals surface area (Å²) in [6.07, 6.45) is -1.25. The minimum absolute atomic E-state index is 0.0908. The van der Waals surface area contributed by atoms with Crippen molar-refractivity contribution in [2.24, 2.45) is 0 Å². The van der Waals surface area contributed by atoms with Gasteiger partial charge in [0.15, 0.2) is 0 Å². The summed E-state index contributed by atoms with van der Waals surface area (Å²) in [6.45, 7) is 1.06. The number of sulfonamides is 1. The van der Waals surface area contributed by atoms with Crippen molar-refractivity contribution >= 4 is 38.9 Å². The van der Waals surface area contributed by atoms with E-state index >= 15 is 0 Å². The first-order chi connectivity index (χ1) is 13.1. The third kappa shape index (κ3) is 4.37. The van der Waals surface area contributed by atoms with Gasteiger partial charge in [0.2, 0.25) is 10.0 Å². The molecule has 0 spiro atoms. The minimum Gasteiger partial charge on any atom is -0.368 e. The van der Waals surface area contributed by atoms with Gasteiger partial charge in [-0.05, 0) is 24.6 Å². The van der Waals surface area contributed by atoms with Crippen molar-refractivity contribution in [2.75, 3.05) is 31.1 Å². The molecule has 1 aliphatic rings. The molecule has 152 valence electrons. The number of pyridine rings is 1. The maximum Gasteiger partial charge on any atom is 0.416 e. The molecule has 0 unspecified atom stereocenters. The fourth-order valence-electron chi connectivity index (χ4n) is 3.05. The zero-order valence-corrected chi connectivity index (χ0v) is 16.8. The van der Waals surface area contributed by atoms with Gasteiger partial charge in [-0.25, -0.2) is 8.42 Å². The minimum atomic E-state index is -4.62. The van der Waals surface area contributed by atoms with Gasteiger partial charge in [0, 0.05) is 38.6 Å². The lowest BCUT2D eigenvalue weighted by atomic mass is 10.2. The van der Waals surface area contributed by atoms with E-state index in [2.05, 4.69) is 4.98 Å². The predicted molar refractivity (Wildman–Crippen MR) is 101 cm³/mol. The highest BCUT2D eigenvalue weighted by Crippen LogP contribution is 2.34. The van der Waals surface area contributed by atoms with Crippen LogP contribution in [0.2, 0.25) is 10.0 Å². The Bertz CT molecular complexity index is 950. The molecule has 1 aromatic heterocycles. The molecule has 0 atom stereocenters. The molecule has 2 heterocycles. The maximum absolute atomic E-state index is 12.9. The maximum atomic E-state index is 12.9. The number of hydrogen-bond acceptors (Lipinski definition) is 4. The number of benzene rings is 1. The number of hydrogen-bond donors (Lipinski definition) is 0.